The van der Waals surface area contributed by atoms with E-state index in [1.807, 2.05) is 0 Å². The molecule has 26 heavy (non-hydrogen) atoms. The first-order valence-electron chi connectivity index (χ1n) is 7.86. The van der Waals surface area contributed by atoms with Crippen molar-refractivity contribution in [2.45, 2.75) is 18.0 Å². The van der Waals surface area contributed by atoms with Crippen LogP contribution in [0.3, 0.4) is 0 Å². The van der Waals surface area contributed by atoms with E-state index >= 15 is 0 Å². The number of benzene rings is 2. The molecule has 0 atom stereocenters. The Morgan fingerprint density at radius 1 is 1.23 bits per heavy atom. The summed E-state index contributed by atoms with van der Waals surface area (Å²) in [5.74, 6) is 0.202. The Bertz CT molecular complexity index is 879. The molecule has 0 aliphatic heterocycles. The summed E-state index contributed by atoms with van der Waals surface area (Å²) in [5, 5.41) is 3.53. The van der Waals surface area contributed by atoms with E-state index in [4.69, 9.17) is 11.6 Å². The zero-order valence-corrected chi connectivity index (χ0v) is 16.4. The van der Waals surface area contributed by atoms with Crippen LogP contribution in [0.2, 0.25) is 5.02 Å². The third kappa shape index (κ3) is 5.19. The van der Waals surface area contributed by atoms with Gasteiger partial charge in [-0.15, -0.1) is 0 Å². The van der Waals surface area contributed by atoms with Gasteiger partial charge >= 0.3 is 0 Å². The molecule has 5 nitrogen and oxygen atoms in total. The number of rotatable bonds is 5. The minimum Gasteiger partial charge on any atom is -0.352 e. The number of hydrogen-bond donors (Lipinski definition) is 1. The first-order valence-corrected chi connectivity index (χ1v) is 10.1. The van der Waals surface area contributed by atoms with Crippen molar-refractivity contribution < 1.29 is 12.8 Å². The second-order valence-electron chi connectivity index (χ2n) is 5.87. The van der Waals surface area contributed by atoms with Crippen LogP contribution in [-0.2, 0) is 22.9 Å². The normalized spacial score (nSPS) is 12.1. The van der Waals surface area contributed by atoms with Gasteiger partial charge in [-0.05, 0) is 29.8 Å². The fourth-order valence-electron chi connectivity index (χ4n) is 2.42. The van der Waals surface area contributed by atoms with Gasteiger partial charge in [0, 0.05) is 44.0 Å². The lowest BCUT2D eigenvalue weighted by atomic mass is 10.2. The standard InChI is InChI=1S/C18H21ClFN3O2S/c1-21-18(23(2)12-15-16(19)5-4-6-17(15)20)22-11-13-7-9-14(10-8-13)26(3,24)25/h4-10H,11-12H2,1-3H3,(H,21,22). The van der Waals surface area contributed by atoms with Crippen molar-refractivity contribution in [2.75, 3.05) is 20.4 Å². The fraction of sp³-hybridized carbons (Fsp3) is 0.278. The Labute approximate surface area is 158 Å². The Morgan fingerprint density at radius 3 is 2.42 bits per heavy atom. The van der Waals surface area contributed by atoms with Crippen molar-refractivity contribution in [1.82, 2.24) is 10.2 Å². The van der Waals surface area contributed by atoms with Gasteiger partial charge in [-0.1, -0.05) is 29.8 Å². The molecule has 0 saturated carbocycles. The number of guanidine groups is 1. The zero-order valence-electron chi connectivity index (χ0n) is 14.8. The highest BCUT2D eigenvalue weighted by atomic mass is 35.5. The highest BCUT2D eigenvalue weighted by Crippen LogP contribution is 2.20. The summed E-state index contributed by atoms with van der Waals surface area (Å²) in [5.41, 5.74) is 1.30. The predicted molar refractivity (Wildman–Crippen MR) is 103 cm³/mol. The highest BCUT2D eigenvalue weighted by molar-refractivity contribution is 7.90. The third-order valence-electron chi connectivity index (χ3n) is 3.83. The van der Waals surface area contributed by atoms with Crippen molar-refractivity contribution in [2.24, 2.45) is 4.99 Å². The first-order chi connectivity index (χ1) is 12.2. The van der Waals surface area contributed by atoms with Crippen LogP contribution in [0.5, 0.6) is 0 Å². The van der Waals surface area contributed by atoms with Crippen molar-refractivity contribution in [3.63, 3.8) is 0 Å². The minimum atomic E-state index is -3.21. The molecule has 2 aromatic rings. The lowest BCUT2D eigenvalue weighted by Gasteiger charge is -2.23. The molecule has 0 fully saturated rings. The maximum atomic E-state index is 13.9. The average molecular weight is 398 g/mol. The van der Waals surface area contributed by atoms with Crippen LogP contribution in [-0.4, -0.2) is 39.6 Å². The van der Waals surface area contributed by atoms with E-state index in [-0.39, 0.29) is 17.3 Å². The molecule has 2 rings (SSSR count). The molecule has 0 spiro atoms. The number of hydrogen-bond acceptors (Lipinski definition) is 3. The van der Waals surface area contributed by atoms with Crippen molar-refractivity contribution in [3.05, 3.63) is 64.4 Å². The van der Waals surface area contributed by atoms with Crippen molar-refractivity contribution in [1.29, 1.82) is 0 Å². The Morgan fingerprint density at radius 2 is 1.88 bits per heavy atom. The number of nitrogens with one attached hydrogen (secondary N) is 1. The summed E-state index contributed by atoms with van der Waals surface area (Å²) in [6, 6.07) is 11.2. The molecule has 1 N–H and O–H groups in total. The van der Waals surface area contributed by atoms with Gasteiger partial charge in [0.1, 0.15) is 5.82 Å². The molecular formula is C18H21ClFN3O2S. The zero-order chi connectivity index (χ0) is 19.3. The van der Waals surface area contributed by atoms with E-state index in [0.717, 1.165) is 5.56 Å². The van der Waals surface area contributed by atoms with Crippen LogP contribution >= 0.6 is 11.6 Å². The minimum absolute atomic E-state index is 0.262. The van der Waals surface area contributed by atoms with Crippen molar-refractivity contribution in [3.8, 4) is 0 Å². The van der Waals surface area contributed by atoms with Crippen LogP contribution < -0.4 is 5.32 Å². The Balaban J connectivity index is 2.03. The molecule has 0 radical (unpaired) electrons. The molecule has 8 heteroatoms. The van der Waals surface area contributed by atoms with Gasteiger partial charge < -0.3 is 10.2 Å². The summed E-state index contributed by atoms with van der Waals surface area (Å²) in [6.07, 6.45) is 1.17. The SMILES string of the molecule is CN=C(NCc1ccc(S(C)(=O)=O)cc1)N(C)Cc1c(F)cccc1Cl. The molecule has 140 valence electrons. The van der Waals surface area contributed by atoms with Gasteiger partial charge in [0.05, 0.1) is 4.90 Å². The molecule has 0 aromatic heterocycles. The molecule has 0 aliphatic rings. The molecule has 0 saturated heterocycles. The van der Waals surface area contributed by atoms with E-state index in [0.29, 0.717) is 23.1 Å². The molecule has 0 heterocycles. The van der Waals surface area contributed by atoms with Crippen molar-refractivity contribution >= 4 is 27.4 Å². The number of aliphatic imine (C=N–C) groups is 1. The van der Waals surface area contributed by atoms with Gasteiger partial charge in [0.15, 0.2) is 15.8 Å². The predicted octanol–water partition coefficient (Wildman–Crippen LogP) is 3.09. The van der Waals surface area contributed by atoms with Crippen LogP contribution in [0, 0.1) is 5.82 Å². The lowest BCUT2D eigenvalue weighted by molar-refractivity contribution is 0.460. The molecule has 0 bridgehead atoms. The van der Waals surface area contributed by atoms with E-state index in [9.17, 15) is 12.8 Å². The van der Waals surface area contributed by atoms with Gasteiger partial charge in [-0.3, -0.25) is 4.99 Å². The van der Waals surface area contributed by atoms with Crippen LogP contribution in [0.1, 0.15) is 11.1 Å². The first kappa shape index (κ1) is 20.2. The van der Waals surface area contributed by atoms with Gasteiger partial charge in [-0.25, -0.2) is 12.8 Å². The summed E-state index contributed by atoms with van der Waals surface area (Å²) in [4.78, 5) is 6.22. The highest BCUT2D eigenvalue weighted by Gasteiger charge is 2.13. The molecule has 0 unspecified atom stereocenters. The Kier molecular flexibility index (Phi) is 6.61. The third-order valence-corrected chi connectivity index (χ3v) is 5.32. The maximum Gasteiger partial charge on any atom is 0.193 e. The monoisotopic (exact) mass is 397 g/mol. The molecule has 2 aromatic carbocycles. The van der Waals surface area contributed by atoms with Crippen LogP contribution in [0.15, 0.2) is 52.4 Å². The van der Waals surface area contributed by atoms with Gasteiger partial charge in [-0.2, -0.15) is 0 Å². The Hall–Kier alpha value is -2.12. The fourth-order valence-corrected chi connectivity index (χ4v) is 3.27. The summed E-state index contributed by atoms with van der Waals surface area (Å²) >= 11 is 6.07. The molecular weight excluding hydrogens is 377 g/mol. The lowest BCUT2D eigenvalue weighted by Crippen LogP contribution is -2.38. The quantitative estimate of drug-likeness (QED) is 0.622. The van der Waals surface area contributed by atoms with Crippen LogP contribution in [0.25, 0.3) is 0 Å². The average Bonchev–Trinajstić information content (AvgIpc) is 2.58. The van der Waals surface area contributed by atoms with E-state index in [2.05, 4.69) is 10.3 Å². The van der Waals surface area contributed by atoms with E-state index < -0.39 is 9.84 Å². The second kappa shape index (κ2) is 8.51. The molecule has 0 aliphatic carbocycles. The maximum absolute atomic E-state index is 13.9. The van der Waals surface area contributed by atoms with Gasteiger partial charge in [0.2, 0.25) is 0 Å². The second-order valence-corrected chi connectivity index (χ2v) is 8.30. The smallest absolute Gasteiger partial charge is 0.193 e. The number of nitrogens with zero attached hydrogens (tertiary/aromatic N) is 2. The topological polar surface area (TPSA) is 61.8 Å². The summed E-state index contributed by atoms with van der Waals surface area (Å²) < 4.78 is 36.9. The number of sulfone groups is 1. The molecule has 0 amide bonds. The van der Waals surface area contributed by atoms with E-state index in [1.54, 1.807) is 55.4 Å². The largest absolute Gasteiger partial charge is 0.352 e. The van der Waals surface area contributed by atoms with E-state index in [1.165, 1.54) is 12.3 Å². The summed E-state index contributed by atoms with van der Waals surface area (Å²) in [7, 11) is 0.204. The van der Waals surface area contributed by atoms with Gasteiger partial charge in [0.25, 0.3) is 0 Å². The number of halogens is 2. The van der Waals surface area contributed by atoms with Crippen LogP contribution in [0.4, 0.5) is 4.39 Å². The summed E-state index contributed by atoms with van der Waals surface area (Å²) in [6.45, 7) is 0.713.